The Labute approximate surface area is 90.8 Å². The van der Waals surface area contributed by atoms with Crippen LogP contribution in [0.25, 0.3) is 0 Å². The first-order valence-corrected chi connectivity index (χ1v) is 5.48. The summed E-state index contributed by atoms with van der Waals surface area (Å²) in [4.78, 5) is 3.99. The highest BCUT2D eigenvalue weighted by Gasteiger charge is 2.16. The highest BCUT2D eigenvalue weighted by molar-refractivity contribution is 9.10. The number of ether oxygens (including phenoxy) is 1. The third-order valence-electron chi connectivity index (χ3n) is 2.41. The van der Waals surface area contributed by atoms with E-state index in [9.17, 15) is 0 Å². The minimum atomic E-state index is 0.323. The molecule has 2 heterocycles. The Kier molecular flexibility index (Phi) is 3.02. The molecule has 14 heavy (non-hydrogen) atoms. The number of nitrogens with zero attached hydrogens (tertiary/aromatic N) is 3. The van der Waals surface area contributed by atoms with Crippen molar-refractivity contribution in [2.45, 2.75) is 19.4 Å². The molecule has 1 aliphatic heterocycles. The van der Waals surface area contributed by atoms with Crippen LogP contribution in [0.5, 0.6) is 0 Å². The number of hydrogen-bond donors (Lipinski definition) is 1. The van der Waals surface area contributed by atoms with Crippen LogP contribution in [0.4, 0.5) is 5.95 Å². The van der Waals surface area contributed by atoms with E-state index < -0.39 is 0 Å². The lowest BCUT2D eigenvalue weighted by molar-refractivity contribution is 0.0599. The maximum atomic E-state index is 5.49. The van der Waals surface area contributed by atoms with Crippen LogP contribution in [0, 0.1) is 5.92 Å². The molecule has 6 heteroatoms. The number of nitrogens with two attached hydrogens (primary N) is 1. The van der Waals surface area contributed by atoms with Crippen molar-refractivity contribution in [2.75, 3.05) is 18.9 Å². The largest absolute Gasteiger partial charge is 0.381 e. The third kappa shape index (κ3) is 2.24. The molecule has 0 aliphatic carbocycles. The molecule has 78 valence electrons. The lowest BCUT2D eigenvalue weighted by Crippen LogP contribution is -2.21. The van der Waals surface area contributed by atoms with Gasteiger partial charge in [0.2, 0.25) is 5.95 Å². The lowest BCUT2D eigenvalue weighted by atomic mass is 10.0. The van der Waals surface area contributed by atoms with E-state index in [1.807, 2.05) is 4.68 Å². The van der Waals surface area contributed by atoms with Gasteiger partial charge in [-0.05, 0) is 34.7 Å². The van der Waals surface area contributed by atoms with Crippen LogP contribution in [0.15, 0.2) is 4.73 Å². The normalized spacial score (nSPS) is 18.6. The number of hydrogen-bond acceptors (Lipinski definition) is 4. The first kappa shape index (κ1) is 9.92. The van der Waals surface area contributed by atoms with Gasteiger partial charge < -0.3 is 10.5 Å². The van der Waals surface area contributed by atoms with Crippen molar-refractivity contribution in [3.63, 3.8) is 0 Å². The van der Waals surface area contributed by atoms with Gasteiger partial charge in [0.15, 0.2) is 4.73 Å². The first-order chi connectivity index (χ1) is 6.75. The molecule has 0 unspecified atom stereocenters. The molecule has 1 saturated heterocycles. The Bertz CT molecular complexity index is 308. The van der Waals surface area contributed by atoms with Gasteiger partial charge in [-0.3, -0.25) is 0 Å². The average molecular weight is 261 g/mol. The summed E-state index contributed by atoms with van der Waals surface area (Å²) in [6, 6.07) is 0. The standard InChI is InChI=1S/C8H13BrN4O/c9-7-11-8(10)12-13(7)5-6-1-3-14-4-2-6/h6H,1-5H2,(H2,10,12). The molecule has 1 aromatic rings. The molecule has 1 fully saturated rings. The van der Waals surface area contributed by atoms with E-state index in [0.717, 1.165) is 32.6 Å². The predicted molar refractivity (Wildman–Crippen MR) is 55.7 cm³/mol. The molecule has 1 aromatic heterocycles. The molecule has 5 nitrogen and oxygen atoms in total. The molecular weight excluding hydrogens is 248 g/mol. The average Bonchev–Trinajstić information content (AvgIpc) is 2.47. The van der Waals surface area contributed by atoms with E-state index in [2.05, 4.69) is 26.0 Å². The van der Waals surface area contributed by atoms with Crippen molar-refractivity contribution in [1.82, 2.24) is 14.8 Å². The SMILES string of the molecule is Nc1nc(Br)n(CC2CCOCC2)n1. The van der Waals surface area contributed by atoms with Gasteiger partial charge in [-0.25, -0.2) is 4.68 Å². The summed E-state index contributed by atoms with van der Waals surface area (Å²) >= 11 is 3.32. The van der Waals surface area contributed by atoms with E-state index >= 15 is 0 Å². The Morgan fingerprint density at radius 3 is 2.79 bits per heavy atom. The smallest absolute Gasteiger partial charge is 0.240 e. The number of aromatic nitrogens is 3. The van der Waals surface area contributed by atoms with Gasteiger partial charge in [-0.1, -0.05) is 0 Å². The molecule has 1 aliphatic rings. The van der Waals surface area contributed by atoms with Crippen LogP contribution in [-0.4, -0.2) is 28.0 Å². The number of rotatable bonds is 2. The summed E-state index contributed by atoms with van der Waals surface area (Å²) in [5.41, 5.74) is 5.49. The third-order valence-corrected chi connectivity index (χ3v) is 3.00. The van der Waals surface area contributed by atoms with Crippen molar-refractivity contribution in [3.05, 3.63) is 4.73 Å². The molecule has 2 rings (SSSR count). The van der Waals surface area contributed by atoms with Crippen LogP contribution < -0.4 is 5.73 Å². The molecule has 0 spiro atoms. The van der Waals surface area contributed by atoms with Gasteiger partial charge in [0.05, 0.1) is 0 Å². The second kappa shape index (κ2) is 4.27. The van der Waals surface area contributed by atoms with Gasteiger partial charge in [0, 0.05) is 19.8 Å². The van der Waals surface area contributed by atoms with Crippen molar-refractivity contribution >= 4 is 21.9 Å². The van der Waals surface area contributed by atoms with Crippen LogP contribution >= 0.6 is 15.9 Å². The summed E-state index contributed by atoms with van der Waals surface area (Å²) in [5.74, 6) is 0.949. The molecule has 0 radical (unpaired) electrons. The van der Waals surface area contributed by atoms with E-state index in [1.165, 1.54) is 0 Å². The van der Waals surface area contributed by atoms with Gasteiger partial charge in [-0.2, -0.15) is 4.98 Å². The van der Waals surface area contributed by atoms with E-state index in [1.54, 1.807) is 0 Å². The predicted octanol–water partition coefficient (Wildman–Crippen LogP) is 1.05. The van der Waals surface area contributed by atoms with Crippen molar-refractivity contribution in [2.24, 2.45) is 5.92 Å². The molecule has 2 N–H and O–H groups in total. The molecule has 0 saturated carbocycles. The first-order valence-electron chi connectivity index (χ1n) is 4.69. The Balaban J connectivity index is 1.98. The van der Waals surface area contributed by atoms with Gasteiger partial charge in [0.25, 0.3) is 0 Å². The summed E-state index contributed by atoms with van der Waals surface area (Å²) in [6.07, 6.45) is 2.18. The molecular formula is C8H13BrN4O. The zero-order valence-corrected chi connectivity index (χ0v) is 9.40. The highest BCUT2D eigenvalue weighted by Crippen LogP contribution is 2.18. The maximum Gasteiger partial charge on any atom is 0.240 e. The number of nitrogen functional groups attached to an aromatic ring is 1. The van der Waals surface area contributed by atoms with Crippen molar-refractivity contribution < 1.29 is 4.74 Å². The van der Waals surface area contributed by atoms with Gasteiger partial charge in [0.1, 0.15) is 0 Å². The quantitative estimate of drug-likeness (QED) is 0.864. The number of anilines is 1. The Morgan fingerprint density at radius 1 is 1.50 bits per heavy atom. The summed E-state index contributed by atoms with van der Waals surface area (Å²) in [5, 5.41) is 4.10. The summed E-state index contributed by atoms with van der Waals surface area (Å²) in [6.45, 7) is 2.58. The van der Waals surface area contributed by atoms with Crippen LogP contribution in [0.2, 0.25) is 0 Å². The van der Waals surface area contributed by atoms with E-state index in [-0.39, 0.29) is 0 Å². The fourth-order valence-electron chi connectivity index (χ4n) is 1.63. The van der Waals surface area contributed by atoms with Crippen molar-refractivity contribution in [3.8, 4) is 0 Å². The van der Waals surface area contributed by atoms with Crippen LogP contribution in [-0.2, 0) is 11.3 Å². The molecule has 0 bridgehead atoms. The van der Waals surface area contributed by atoms with Crippen LogP contribution in [0.3, 0.4) is 0 Å². The molecule has 0 atom stereocenters. The second-order valence-electron chi connectivity index (χ2n) is 3.48. The number of halogens is 1. The second-order valence-corrected chi connectivity index (χ2v) is 4.19. The summed E-state index contributed by atoms with van der Waals surface area (Å²) in [7, 11) is 0. The Hall–Kier alpha value is -0.620. The monoisotopic (exact) mass is 260 g/mol. The fourth-order valence-corrected chi connectivity index (χ4v) is 2.03. The highest BCUT2D eigenvalue weighted by atomic mass is 79.9. The van der Waals surface area contributed by atoms with Gasteiger partial charge in [-0.15, -0.1) is 5.10 Å². The Morgan fingerprint density at radius 2 is 2.21 bits per heavy atom. The van der Waals surface area contributed by atoms with Crippen molar-refractivity contribution in [1.29, 1.82) is 0 Å². The summed E-state index contributed by atoms with van der Waals surface area (Å²) < 4.78 is 7.81. The maximum absolute atomic E-state index is 5.49. The molecule has 0 amide bonds. The minimum Gasteiger partial charge on any atom is -0.381 e. The fraction of sp³-hybridized carbons (Fsp3) is 0.750. The van der Waals surface area contributed by atoms with Gasteiger partial charge >= 0.3 is 0 Å². The lowest BCUT2D eigenvalue weighted by Gasteiger charge is -2.21. The zero-order valence-electron chi connectivity index (χ0n) is 7.82. The minimum absolute atomic E-state index is 0.323. The topological polar surface area (TPSA) is 66.0 Å². The van der Waals surface area contributed by atoms with E-state index in [4.69, 9.17) is 10.5 Å². The van der Waals surface area contributed by atoms with E-state index in [0.29, 0.717) is 16.6 Å². The zero-order chi connectivity index (χ0) is 9.97. The van der Waals surface area contributed by atoms with Crippen LogP contribution in [0.1, 0.15) is 12.8 Å². The molecule has 0 aromatic carbocycles.